The zero-order chi connectivity index (χ0) is 32.2. The van der Waals surface area contributed by atoms with Crippen LogP contribution in [0.1, 0.15) is 25.0 Å². The van der Waals surface area contributed by atoms with E-state index in [4.69, 9.17) is 0 Å². The highest BCUT2D eigenvalue weighted by Crippen LogP contribution is 2.59. The Morgan fingerprint density at radius 1 is 0.417 bits per heavy atom. The van der Waals surface area contributed by atoms with Crippen molar-refractivity contribution in [1.82, 2.24) is 0 Å². The molecule has 0 N–H and O–H groups in total. The van der Waals surface area contributed by atoms with Gasteiger partial charge in [0, 0.05) is 47.6 Å². The van der Waals surface area contributed by atoms with E-state index in [1.807, 2.05) is 23.5 Å². The van der Waals surface area contributed by atoms with Crippen molar-refractivity contribution in [2.45, 2.75) is 38.8 Å². The normalized spacial score (nSPS) is 13.6. The van der Waals surface area contributed by atoms with Crippen LogP contribution < -0.4 is 4.90 Å². The summed E-state index contributed by atoms with van der Waals surface area (Å²) in [4.78, 5) is 7.83. The van der Waals surface area contributed by atoms with Crippen molar-refractivity contribution in [3.8, 4) is 33.4 Å². The van der Waals surface area contributed by atoms with Crippen molar-refractivity contribution >= 4 is 40.6 Å². The van der Waals surface area contributed by atoms with Crippen LogP contribution in [0.25, 0.3) is 33.4 Å². The molecule has 0 saturated heterocycles. The lowest BCUT2D eigenvalue weighted by Gasteiger charge is -2.28. The van der Waals surface area contributed by atoms with E-state index in [1.54, 1.807) is 0 Å². The summed E-state index contributed by atoms with van der Waals surface area (Å²) in [6, 6.07) is 59.8. The fraction of sp³-hybridized carbons (Fsp3) is 0.0667. The summed E-state index contributed by atoms with van der Waals surface area (Å²) < 4.78 is 0. The molecule has 48 heavy (non-hydrogen) atoms. The van der Waals surface area contributed by atoms with Gasteiger partial charge in [0.05, 0.1) is 0 Å². The Bertz CT molecular complexity index is 2210. The molecule has 7 aromatic rings. The van der Waals surface area contributed by atoms with Gasteiger partial charge < -0.3 is 4.90 Å². The molecule has 0 spiro atoms. The molecule has 0 aromatic heterocycles. The summed E-state index contributed by atoms with van der Waals surface area (Å²) in [6.45, 7) is 4.77. The molecule has 0 radical (unpaired) electrons. The van der Waals surface area contributed by atoms with E-state index in [9.17, 15) is 0 Å². The van der Waals surface area contributed by atoms with Crippen LogP contribution in [0.5, 0.6) is 0 Å². The van der Waals surface area contributed by atoms with Crippen molar-refractivity contribution < 1.29 is 0 Å². The zero-order valence-electron chi connectivity index (χ0n) is 26.9. The predicted octanol–water partition coefficient (Wildman–Crippen LogP) is 13.4. The van der Waals surface area contributed by atoms with Crippen LogP contribution in [-0.4, -0.2) is 0 Å². The fourth-order valence-electron chi connectivity index (χ4n) is 7.25. The van der Waals surface area contributed by atoms with E-state index in [0.29, 0.717) is 0 Å². The van der Waals surface area contributed by atoms with Crippen LogP contribution in [-0.2, 0) is 5.41 Å². The third-order valence-electron chi connectivity index (χ3n) is 9.75. The van der Waals surface area contributed by atoms with E-state index in [-0.39, 0.29) is 5.41 Å². The van der Waals surface area contributed by atoms with Gasteiger partial charge >= 0.3 is 0 Å². The van der Waals surface area contributed by atoms with Crippen LogP contribution in [0, 0.1) is 0 Å². The Hall–Kier alpha value is -4.96. The Morgan fingerprint density at radius 3 is 1.50 bits per heavy atom. The SMILES string of the molecule is CC1(C)c2cc(N(c3ccc(-c4ccccc4)cc3)c3ccc(-c4ccccc4)cc3)ccc2-c2c1ccc1c2Sc2ccccc2S1. The molecule has 2 aliphatic rings. The van der Waals surface area contributed by atoms with Gasteiger partial charge in [-0.25, -0.2) is 0 Å². The van der Waals surface area contributed by atoms with Gasteiger partial charge in [0.1, 0.15) is 0 Å². The minimum Gasteiger partial charge on any atom is -0.310 e. The molecule has 0 saturated carbocycles. The molecule has 1 nitrogen and oxygen atoms in total. The van der Waals surface area contributed by atoms with Gasteiger partial charge in [-0.3, -0.25) is 0 Å². The highest BCUT2D eigenvalue weighted by Gasteiger charge is 2.39. The van der Waals surface area contributed by atoms with Crippen molar-refractivity contribution in [2.24, 2.45) is 0 Å². The van der Waals surface area contributed by atoms with Crippen LogP contribution in [0.3, 0.4) is 0 Å². The van der Waals surface area contributed by atoms with E-state index in [0.717, 1.165) is 17.1 Å². The summed E-state index contributed by atoms with van der Waals surface area (Å²) in [5.41, 5.74) is 13.7. The van der Waals surface area contributed by atoms with Crippen LogP contribution in [0.15, 0.2) is 183 Å². The smallest absolute Gasteiger partial charge is 0.0465 e. The third-order valence-corrected chi connectivity index (χ3v) is 12.3. The molecule has 0 fully saturated rings. The number of hydrogen-bond donors (Lipinski definition) is 0. The second-order valence-corrected chi connectivity index (χ2v) is 15.1. The Morgan fingerprint density at radius 2 is 0.917 bits per heavy atom. The monoisotopic (exact) mass is 651 g/mol. The van der Waals surface area contributed by atoms with Crippen molar-refractivity contribution in [3.63, 3.8) is 0 Å². The number of hydrogen-bond acceptors (Lipinski definition) is 3. The molecule has 0 unspecified atom stereocenters. The van der Waals surface area contributed by atoms with Crippen molar-refractivity contribution in [2.75, 3.05) is 4.90 Å². The number of fused-ring (bicyclic) bond motifs is 6. The summed E-state index contributed by atoms with van der Waals surface area (Å²) in [5, 5.41) is 0. The number of rotatable bonds is 5. The fourth-order valence-corrected chi connectivity index (χ4v) is 9.66. The number of benzene rings is 7. The average molecular weight is 652 g/mol. The highest BCUT2D eigenvalue weighted by molar-refractivity contribution is 8.05. The van der Waals surface area contributed by atoms with Gasteiger partial charge in [0.25, 0.3) is 0 Å². The van der Waals surface area contributed by atoms with Gasteiger partial charge in [-0.05, 0) is 93.5 Å². The summed E-state index contributed by atoms with van der Waals surface area (Å²) in [6.07, 6.45) is 0. The predicted molar refractivity (Wildman–Crippen MR) is 204 cm³/mol. The molecule has 0 atom stereocenters. The molecule has 3 heteroatoms. The Balaban J connectivity index is 1.16. The average Bonchev–Trinajstić information content (AvgIpc) is 3.38. The van der Waals surface area contributed by atoms with Crippen molar-refractivity contribution in [3.05, 3.63) is 175 Å². The summed E-state index contributed by atoms with van der Waals surface area (Å²) >= 11 is 3.82. The first-order chi connectivity index (χ1) is 23.5. The van der Waals surface area contributed by atoms with Crippen LogP contribution >= 0.6 is 23.5 Å². The molecule has 0 amide bonds. The van der Waals surface area contributed by atoms with E-state index < -0.39 is 0 Å². The first-order valence-corrected chi connectivity index (χ1v) is 18.1. The molecule has 230 valence electrons. The van der Waals surface area contributed by atoms with Crippen LogP contribution in [0.2, 0.25) is 0 Å². The van der Waals surface area contributed by atoms with E-state index >= 15 is 0 Å². The van der Waals surface area contributed by atoms with Gasteiger partial charge in [-0.2, -0.15) is 0 Å². The first-order valence-electron chi connectivity index (χ1n) is 16.4. The lowest BCUT2D eigenvalue weighted by Crippen LogP contribution is -2.16. The van der Waals surface area contributed by atoms with Crippen molar-refractivity contribution in [1.29, 1.82) is 0 Å². The maximum atomic E-state index is 2.44. The molecular formula is C45H33NS2. The topological polar surface area (TPSA) is 3.24 Å². The van der Waals surface area contributed by atoms with E-state index in [2.05, 4.69) is 183 Å². The zero-order valence-corrected chi connectivity index (χ0v) is 28.5. The lowest BCUT2D eigenvalue weighted by molar-refractivity contribution is 0.659. The second kappa shape index (κ2) is 11.6. The Kier molecular flexibility index (Phi) is 7.07. The standard InChI is InChI=1S/C45H33NS2/c1-45(2)38-27-28-42-44(48-41-16-10-9-15-40(41)47-42)43(38)37-26-25-36(29-39(37)45)46(34-21-17-32(18-22-34)30-11-5-3-6-12-30)35-23-19-33(20-24-35)31-13-7-4-8-14-31/h3-29H,1-2H3. The van der Waals surface area contributed by atoms with Gasteiger partial charge in [-0.15, -0.1) is 0 Å². The minimum absolute atomic E-state index is 0.127. The number of anilines is 3. The molecule has 9 rings (SSSR count). The van der Waals surface area contributed by atoms with Crippen LogP contribution in [0.4, 0.5) is 17.1 Å². The van der Waals surface area contributed by atoms with Gasteiger partial charge in [0.15, 0.2) is 0 Å². The summed E-state index contributed by atoms with van der Waals surface area (Å²) in [5.74, 6) is 0. The molecule has 0 bridgehead atoms. The van der Waals surface area contributed by atoms with Gasteiger partial charge in [-0.1, -0.05) is 147 Å². The maximum absolute atomic E-state index is 2.44. The first kappa shape index (κ1) is 29.2. The molecule has 1 aliphatic carbocycles. The quantitative estimate of drug-likeness (QED) is 0.182. The third kappa shape index (κ3) is 4.89. The second-order valence-electron chi connectivity index (χ2n) is 13.0. The minimum atomic E-state index is -0.127. The molecular weight excluding hydrogens is 619 g/mol. The largest absolute Gasteiger partial charge is 0.310 e. The number of nitrogens with zero attached hydrogens (tertiary/aromatic N) is 1. The molecule has 1 heterocycles. The summed E-state index contributed by atoms with van der Waals surface area (Å²) in [7, 11) is 0. The lowest BCUT2D eigenvalue weighted by atomic mass is 9.82. The van der Waals surface area contributed by atoms with Gasteiger partial charge in [0.2, 0.25) is 0 Å². The highest BCUT2D eigenvalue weighted by atomic mass is 32.2. The molecule has 7 aromatic carbocycles. The Labute approximate surface area is 291 Å². The van der Waals surface area contributed by atoms with E-state index in [1.165, 1.54) is 64.1 Å². The maximum Gasteiger partial charge on any atom is 0.0465 e. The molecule has 1 aliphatic heterocycles.